The maximum Gasteiger partial charge on any atom is 0.373 e. The molecule has 0 saturated carbocycles. The van der Waals surface area contributed by atoms with Gasteiger partial charge < -0.3 is 14.3 Å². The maximum absolute atomic E-state index is 11.2. The van der Waals surface area contributed by atoms with Gasteiger partial charge in [0.25, 0.3) is 0 Å². The van der Waals surface area contributed by atoms with Gasteiger partial charge in [0.05, 0.1) is 17.8 Å². The van der Waals surface area contributed by atoms with Crippen molar-refractivity contribution < 1.29 is 19.1 Å². The number of ether oxygens (including phenoxy) is 1. The molecular formula is C12H10ClNO4. The zero-order valence-corrected chi connectivity index (χ0v) is 10.2. The van der Waals surface area contributed by atoms with Gasteiger partial charge in [-0.25, -0.2) is 4.79 Å². The van der Waals surface area contributed by atoms with Gasteiger partial charge >= 0.3 is 5.97 Å². The highest BCUT2D eigenvalue weighted by atomic mass is 35.5. The standard InChI is InChI=1S/C12H10ClNO4/c1-17-12(16)10-5-4-9(18-10)11(15)8-3-2-7(13)6-14-8/h2-6,11,15H,1H3. The molecule has 1 atom stereocenters. The quantitative estimate of drug-likeness (QED) is 0.863. The third-order valence-corrected chi connectivity index (χ3v) is 2.54. The van der Waals surface area contributed by atoms with Gasteiger partial charge in [-0.05, 0) is 24.3 Å². The SMILES string of the molecule is COC(=O)c1ccc(C(O)c2ccc(Cl)cn2)o1. The average Bonchev–Trinajstić information content (AvgIpc) is 2.87. The van der Waals surface area contributed by atoms with Gasteiger partial charge in [-0.1, -0.05) is 11.6 Å². The van der Waals surface area contributed by atoms with Crippen molar-refractivity contribution in [1.29, 1.82) is 0 Å². The number of aliphatic hydroxyl groups excluding tert-OH is 1. The summed E-state index contributed by atoms with van der Waals surface area (Å²) in [7, 11) is 1.25. The largest absolute Gasteiger partial charge is 0.463 e. The Morgan fingerprint density at radius 2 is 2.22 bits per heavy atom. The van der Waals surface area contributed by atoms with E-state index in [2.05, 4.69) is 9.72 Å². The summed E-state index contributed by atoms with van der Waals surface area (Å²) in [4.78, 5) is 15.2. The third-order valence-electron chi connectivity index (χ3n) is 2.31. The molecule has 2 aromatic heterocycles. The van der Waals surface area contributed by atoms with Crippen molar-refractivity contribution >= 4 is 17.6 Å². The van der Waals surface area contributed by atoms with Crippen LogP contribution in [0.2, 0.25) is 5.02 Å². The summed E-state index contributed by atoms with van der Waals surface area (Å²) in [6, 6.07) is 6.11. The molecule has 1 unspecified atom stereocenters. The Kier molecular flexibility index (Phi) is 3.64. The summed E-state index contributed by atoms with van der Waals surface area (Å²) in [5.41, 5.74) is 0.380. The molecule has 1 N–H and O–H groups in total. The highest BCUT2D eigenvalue weighted by Crippen LogP contribution is 2.23. The zero-order valence-electron chi connectivity index (χ0n) is 9.46. The van der Waals surface area contributed by atoms with Crippen LogP contribution in [0.15, 0.2) is 34.9 Å². The molecule has 0 bridgehead atoms. The van der Waals surface area contributed by atoms with Crippen molar-refractivity contribution in [3.8, 4) is 0 Å². The van der Waals surface area contributed by atoms with Crippen molar-refractivity contribution in [3.63, 3.8) is 0 Å². The molecular weight excluding hydrogens is 258 g/mol. The van der Waals surface area contributed by atoms with Crippen LogP contribution in [0.4, 0.5) is 0 Å². The van der Waals surface area contributed by atoms with Crippen molar-refractivity contribution in [2.24, 2.45) is 0 Å². The number of hydrogen-bond acceptors (Lipinski definition) is 5. The van der Waals surface area contributed by atoms with Crippen LogP contribution in [0.25, 0.3) is 0 Å². The van der Waals surface area contributed by atoms with Gasteiger partial charge in [-0.3, -0.25) is 4.98 Å². The number of aliphatic hydroxyl groups is 1. The summed E-state index contributed by atoms with van der Waals surface area (Å²) in [5.74, 6) is -0.358. The fourth-order valence-electron chi connectivity index (χ4n) is 1.40. The number of furan rings is 1. The highest BCUT2D eigenvalue weighted by Gasteiger charge is 2.18. The summed E-state index contributed by atoms with van der Waals surface area (Å²) >= 11 is 5.70. The highest BCUT2D eigenvalue weighted by molar-refractivity contribution is 6.30. The van der Waals surface area contributed by atoms with Gasteiger partial charge in [0.15, 0.2) is 6.10 Å². The van der Waals surface area contributed by atoms with Crippen LogP contribution in [0.3, 0.4) is 0 Å². The first-order valence-electron chi connectivity index (χ1n) is 5.09. The van der Waals surface area contributed by atoms with E-state index in [1.807, 2.05) is 0 Å². The number of pyridine rings is 1. The van der Waals surface area contributed by atoms with Gasteiger partial charge in [0, 0.05) is 6.20 Å². The topological polar surface area (TPSA) is 72.6 Å². The number of esters is 1. The fraction of sp³-hybridized carbons (Fsp3) is 0.167. The Morgan fingerprint density at radius 1 is 1.44 bits per heavy atom. The first kappa shape index (κ1) is 12.6. The predicted octanol–water partition coefficient (Wildman–Crippen LogP) is 2.20. The number of carbonyl (C=O) groups excluding carboxylic acids is 1. The van der Waals surface area contributed by atoms with Gasteiger partial charge in [0.1, 0.15) is 5.76 Å². The van der Waals surface area contributed by atoms with Crippen LogP contribution >= 0.6 is 11.6 Å². The molecule has 0 aromatic carbocycles. The molecule has 18 heavy (non-hydrogen) atoms. The Morgan fingerprint density at radius 3 is 2.83 bits per heavy atom. The van der Waals surface area contributed by atoms with Crippen molar-refractivity contribution in [1.82, 2.24) is 4.98 Å². The second-order valence-electron chi connectivity index (χ2n) is 3.50. The summed E-state index contributed by atoms with van der Waals surface area (Å²) in [5, 5.41) is 10.5. The Hall–Kier alpha value is -1.85. The molecule has 2 heterocycles. The zero-order chi connectivity index (χ0) is 13.1. The molecule has 0 fully saturated rings. The van der Waals surface area contributed by atoms with Crippen LogP contribution in [0.5, 0.6) is 0 Å². The molecule has 0 aliphatic carbocycles. The molecule has 5 nitrogen and oxygen atoms in total. The first-order valence-corrected chi connectivity index (χ1v) is 5.47. The number of carbonyl (C=O) groups is 1. The van der Waals surface area contributed by atoms with E-state index in [1.165, 1.54) is 25.4 Å². The smallest absolute Gasteiger partial charge is 0.373 e. The average molecular weight is 268 g/mol. The van der Waals surface area contributed by atoms with Gasteiger partial charge in [-0.2, -0.15) is 0 Å². The van der Waals surface area contributed by atoms with Crippen LogP contribution in [-0.4, -0.2) is 23.2 Å². The number of hydrogen-bond donors (Lipinski definition) is 1. The molecule has 0 saturated heterocycles. The third kappa shape index (κ3) is 2.52. The molecule has 94 valence electrons. The summed E-state index contributed by atoms with van der Waals surface area (Å²) < 4.78 is 9.69. The van der Waals surface area contributed by atoms with E-state index < -0.39 is 12.1 Å². The Balaban J connectivity index is 2.23. The summed E-state index contributed by atoms with van der Waals surface area (Å²) in [6.07, 6.45) is 0.366. The van der Waals surface area contributed by atoms with Gasteiger partial charge in [-0.15, -0.1) is 0 Å². The predicted molar refractivity (Wildman–Crippen MR) is 63.4 cm³/mol. The Labute approximate surface area is 108 Å². The van der Waals surface area contributed by atoms with Gasteiger partial charge in [0.2, 0.25) is 5.76 Å². The van der Waals surface area contributed by atoms with E-state index >= 15 is 0 Å². The molecule has 0 radical (unpaired) electrons. The second kappa shape index (κ2) is 5.20. The molecule has 0 aliphatic rings. The van der Waals surface area contributed by atoms with E-state index in [-0.39, 0.29) is 11.5 Å². The number of methoxy groups -OCH3 is 1. The van der Waals surface area contributed by atoms with Crippen molar-refractivity contribution in [3.05, 3.63) is 52.7 Å². The molecule has 2 aromatic rings. The van der Waals surface area contributed by atoms with Crippen LogP contribution in [0.1, 0.15) is 28.1 Å². The maximum atomic E-state index is 11.2. The van der Waals surface area contributed by atoms with Crippen molar-refractivity contribution in [2.75, 3.05) is 7.11 Å². The van der Waals surface area contributed by atoms with E-state index in [9.17, 15) is 9.90 Å². The lowest BCUT2D eigenvalue weighted by Gasteiger charge is -2.06. The molecule has 0 aliphatic heterocycles. The van der Waals surface area contributed by atoms with E-state index in [4.69, 9.17) is 16.0 Å². The second-order valence-corrected chi connectivity index (χ2v) is 3.93. The minimum Gasteiger partial charge on any atom is -0.463 e. The van der Waals surface area contributed by atoms with E-state index in [0.717, 1.165) is 0 Å². The monoisotopic (exact) mass is 267 g/mol. The van der Waals surface area contributed by atoms with Crippen LogP contribution in [-0.2, 0) is 4.74 Å². The molecule has 0 amide bonds. The van der Waals surface area contributed by atoms with Crippen LogP contribution < -0.4 is 0 Å². The van der Waals surface area contributed by atoms with E-state index in [0.29, 0.717) is 10.7 Å². The van der Waals surface area contributed by atoms with Crippen LogP contribution in [0, 0.1) is 0 Å². The van der Waals surface area contributed by atoms with E-state index in [1.54, 1.807) is 12.1 Å². The number of nitrogens with zero attached hydrogens (tertiary/aromatic N) is 1. The molecule has 0 spiro atoms. The minimum atomic E-state index is -1.05. The normalized spacial score (nSPS) is 12.2. The Bertz CT molecular complexity index is 549. The lowest BCUT2D eigenvalue weighted by Crippen LogP contribution is -2.01. The summed E-state index contributed by atoms with van der Waals surface area (Å²) in [6.45, 7) is 0. The molecule has 6 heteroatoms. The molecule has 2 rings (SSSR count). The fourth-order valence-corrected chi connectivity index (χ4v) is 1.52. The first-order chi connectivity index (χ1) is 8.61. The number of halogens is 1. The number of aromatic nitrogens is 1. The van der Waals surface area contributed by atoms with Crippen molar-refractivity contribution in [2.45, 2.75) is 6.10 Å². The lowest BCUT2D eigenvalue weighted by atomic mass is 10.2. The minimum absolute atomic E-state index is 0.0283. The lowest BCUT2D eigenvalue weighted by molar-refractivity contribution is 0.0557. The number of rotatable bonds is 3.